The smallest absolute Gasteiger partial charge is 0.241 e. The van der Waals surface area contributed by atoms with Gasteiger partial charge in [0.05, 0.1) is 33.4 Å². The van der Waals surface area contributed by atoms with E-state index >= 15 is 0 Å². The van der Waals surface area contributed by atoms with Crippen LogP contribution < -0.4 is 14.2 Å². The molecule has 0 aliphatic carbocycles. The lowest BCUT2D eigenvalue weighted by molar-refractivity contribution is 0.179. The number of nitrogens with zero attached hydrogens (tertiary/aromatic N) is 3. The number of ether oxygens (including phenoxy) is 3. The summed E-state index contributed by atoms with van der Waals surface area (Å²) in [6, 6.07) is 16.3. The summed E-state index contributed by atoms with van der Waals surface area (Å²) in [6.07, 6.45) is 0.900. The molecule has 7 nitrogen and oxygen atoms in total. The third-order valence-corrected chi connectivity index (χ3v) is 6.94. The maximum absolute atomic E-state index is 5.66. The second kappa shape index (κ2) is 9.87. The summed E-state index contributed by atoms with van der Waals surface area (Å²) >= 11 is 1.75. The van der Waals surface area contributed by atoms with Gasteiger partial charge in [0.25, 0.3) is 0 Å². The summed E-state index contributed by atoms with van der Waals surface area (Å²) in [4.78, 5) is 8.33. The molecule has 1 aliphatic rings. The Kier molecular flexibility index (Phi) is 6.51. The lowest BCUT2D eigenvalue weighted by atomic mass is 9.91. The van der Waals surface area contributed by atoms with E-state index in [1.54, 1.807) is 25.6 Å². The largest absolute Gasteiger partial charge is 0.494 e. The van der Waals surface area contributed by atoms with E-state index in [1.165, 1.54) is 16.0 Å². The molecule has 5 rings (SSSR count). The summed E-state index contributed by atoms with van der Waals surface area (Å²) in [5.74, 6) is 3.49. The van der Waals surface area contributed by atoms with Crippen LogP contribution in [0.2, 0.25) is 0 Å². The van der Waals surface area contributed by atoms with Crippen LogP contribution in [0.1, 0.15) is 34.9 Å². The van der Waals surface area contributed by atoms with Gasteiger partial charge in [0, 0.05) is 17.0 Å². The molecule has 176 valence electrons. The van der Waals surface area contributed by atoms with E-state index in [2.05, 4.69) is 44.7 Å². The summed E-state index contributed by atoms with van der Waals surface area (Å²) < 4.78 is 22.3. The van der Waals surface area contributed by atoms with Crippen molar-refractivity contribution in [2.24, 2.45) is 0 Å². The monoisotopic (exact) mass is 477 g/mol. The fourth-order valence-corrected chi connectivity index (χ4v) is 5.30. The van der Waals surface area contributed by atoms with Gasteiger partial charge in [-0.05, 0) is 72.3 Å². The van der Waals surface area contributed by atoms with Gasteiger partial charge in [-0.25, -0.2) is 0 Å². The molecule has 3 heterocycles. The summed E-state index contributed by atoms with van der Waals surface area (Å²) in [7, 11) is 3.35. The minimum absolute atomic E-state index is 0.0735. The molecule has 2 aromatic heterocycles. The molecule has 0 saturated heterocycles. The molecule has 0 amide bonds. The van der Waals surface area contributed by atoms with Crippen LogP contribution in [0.5, 0.6) is 17.2 Å². The summed E-state index contributed by atoms with van der Waals surface area (Å²) in [5.41, 5.74) is 3.39. The van der Waals surface area contributed by atoms with E-state index in [-0.39, 0.29) is 6.04 Å². The molecule has 1 unspecified atom stereocenters. The van der Waals surface area contributed by atoms with Crippen LogP contribution in [0, 0.1) is 0 Å². The Hall–Kier alpha value is -3.36. The predicted molar refractivity (Wildman–Crippen MR) is 131 cm³/mol. The highest BCUT2D eigenvalue weighted by Gasteiger charge is 2.32. The topological polar surface area (TPSA) is 69.9 Å². The molecule has 0 bridgehead atoms. The molecule has 2 aromatic carbocycles. The summed E-state index contributed by atoms with van der Waals surface area (Å²) in [6.45, 7) is 4.02. The second-order valence-electron chi connectivity index (χ2n) is 8.01. The predicted octanol–water partition coefficient (Wildman–Crippen LogP) is 5.36. The molecule has 0 spiro atoms. The molecular formula is C26H27N3O4S. The van der Waals surface area contributed by atoms with Crippen molar-refractivity contribution in [3.8, 4) is 28.6 Å². The molecule has 34 heavy (non-hydrogen) atoms. The Morgan fingerprint density at radius 3 is 2.59 bits per heavy atom. The van der Waals surface area contributed by atoms with Crippen molar-refractivity contribution in [1.29, 1.82) is 0 Å². The van der Waals surface area contributed by atoms with Gasteiger partial charge in [-0.2, -0.15) is 4.98 Å². The maximum atomic E-state index is 5.66. The highest BCUT2D eigenvalue weighted by Crippen LogP contribution is 2.42. The average Bonchev–Trinajstić information content (AvgIpc) is 3.56. The first-order chi connectivity index (χ1) is 16.7. The minimum atomic E-state index is 0.0735. The number of rotatable bonds is 8. The normalized spacial score (nSPS) is 15.7. The zero-order chi connectivity index (χ0) is 23.5. The lowest BCUT2D eigenvalue weighted by Gasteiger charge is -2.36. The fourth-order valence-electron chi connectivity index (χ4n) is 4.43. The molecule has 0 fully saturated rings. The van der Waals surface area contributed by atoms with Crippen molar-refractivity contribution < 1.29 is 18.7 Å². The Labute approximate surface area is 202 Å². The zero-order valence-corrected chi connectivity index (χ0v) is 20.3. The SMILES string of the molecule is CCOc1ccc(-c2noc(CN3CCc4cc(OC)c(OC)cc4C3c3cccs3)n2)cc1. The van der Waals surface area contributed by atoms with Crippen molar-refractivity contribution in [2.75, 3.05) is 27.4 Å². The number of fused-ring (bicyclic) bond motifs is 1. The molecular weight excluding hydrogens is 450 g/mol. The van der Waals surface area contributed by atoms with Crippen molar-refractivity contribution in [2.45, 2.75) is 25.9 Å². The number of hydrogen-bond acceptors (Lipinski definition) is 8. The van der Waals surface area contributed by atoms with Crippen LogP contribution in [-0.2, 0) is 13.0 Å². The van der Waals surface area contributed by atoms with Gasteiger partial charge in [-0.1, -0.05) is 11.2 Å². The Morgan fingerprint density at radius 2 is 1.88 bits per heavy atom. The van der Waals surface area contributed by atoms with E-state index in [0.29, 0.717) is 24.9 Å². The van der Waals surface area contributed by atoms with Gasteiger partial charge in [0.1, 0.15) is 5.75 Å². The van der Waals surface area contributed by atoms with Gasteiger partial charge in [-0.15, -0.1) is 11.3 Å². The van der Waals surface area contributed by atoms with Crippen molar-refractivity contribution in [3.63, 3.8) is 0 Å². The quantitative estimate of drug-likeness (QED) is 0.338. The van der Waals surface area contributed by atoms with Crippen molar-refractivity contribution in [1.82, 2.24) is 15.0 Å². The molecule has 4 aromatic rings. The molecule has 8 heteroatoms. The van der Waals surface area contributed by atoms with E-state index in [4.69, 9.17) is 18.7 Å². The number of aromatic nitrogens is 2. The van der Waals surface area contributed by atoms with E-state index < -0.39 is 0 Å². The standard InChI is InChI=1S/C26H27N3O4S/c1-4-32-19-9-7-17(8-10-19)26-27-24(33-28-26)16-29-12-11-18-14-21(30-2)22(31-3)15-20(18)25(29)23-6-5-13-34-23/h5-10,13-15,25H,4,11-12,16H2,1-3H3. The first-order valence-electron chi connectivity index (χ1n) is 11.3. The highest BCUT2D eigenvalue weighted by molar-refractivity contribution is 7.10. The van der Waals surface area contributed by atoms with Crippen molar-refractivity contribution in [3.05, 3.63) is 75.8 Å². The van der Waals surface area contributed by atoms with Crippen LogP contribution in [0.4, 0.5) is 0 Å². The third-order valence-electron chi connectivity index (χ3n) is 6.02. The van der Waals surface area contributed by atoms with Gasteiger partial charge in [0.15, 0.2) is 11.5 Å². The Bertz CT molecular complexity index is 1240. The Balaban J connectivity index is 1.43. The number of hydrogen-bond donors (Lipinski definition) is 0. The number of benzene rings is 2. The molecule has 0 saturated carbocycles. The first-order valence-corrected chi connectivity index (χ1v) is 12.2. The molecule has 1 atom stereocenters. The van der Waals surface area contributed by atoms with Crippen LogP contribution in [0.3, 0.4) is 0 Å². The average molecular weight is 478 g/mol. The van der Waals surface area contributed by atoms with Crippen LogP contribution >= 0.6 is 11.3 Å². The van der Waals surface area contributed by atoms with Crippen LogP contribution in [0.25, 0.3) is 11.4 Å². The highest BCUT2D eigenvalue weighted by atomic mass is 32.1. The molecule has 1 aliphatic heterocycles. The number of thiophene rings is 1. The zero-order valence-electron chi connectivity index (χ0n) is 19.5. The maximum Gasteiger partial charge on any atom is 0.241 e. The van der Waals surface area contributed by atoms with Crippen LogP contribution in [0.15, 0.2) is 58.4 Å². The van der Waals surface area contributed by atoms with E-state index in [0.717, 1.165) is 35.8 Å². The molecule has 0 N–H and O–H groups in total. The van der Waals surface area contributed by atoms with E-state index in [9.17, 15) is 0 Å². The van der Waals surface area contributed by atoms with Gasteiger partial charge in [0.2, 0.25) is 11.7 Å². The first kappa shape index (κ1) is 22.4. The molecule has 0 radical (unpaired) electrons. The Morgan fingerprint density at radius 1 is 1.09 bits per heavy atom. The van der Waals surface area contributed by atoms with Gasteiger partial charge >= 0.3 is 0 Å². The van der Waals surface area contributed by atoms with Crippen LogP contribution in [-0.4, -0.2) is 42.4 Å². The lowest BCUT2D eigenvalue weighted by Crippen LogP contribution is -2.35. The minimum Gasteiger partial charge on any atom is -0.494 e. The summed E-state index contributed by atoms with van der Waals surface area (Å²) in [5, 5.41) is 6.33. The third kappa shape index (κ3) is 4.38. The van der Waals surface area contributed by atoms with Crippen molar-refractivity contribution >= 4 is 11.3 Å². The fraction of sp³-hybridized carbons (Fsp3) is 0.308. The van der Waals surface area contributed by atoms with E-state index in [1.807, 2.05) is 31.2 Å². The second-order valence-corrected chi connectivity index (χ2v) is 8.99. The van der Waals surface area contributed by atoms with Gasteiger partial charge in [-0.3, -0.25) is 4.90 Å². The van der Waals surface area contributed by atoms with Gasteiger partial charge < -0.3 is 18.7 Å². The number of methoxy groups -OCH3 is 2.